The monoisotopic (exact) mass is 386 g/mol. The molecular weight excluding hydrogens is 375 g/mol. The van der Waals surface area contributed by atoms with E-state index in [9.17, 15) is 18.0 Å². The number of hydrogen-bond donors (Lipinski definition) is 2. The van der Waals surface area contributed by atoms with Gasteiger partial charge in [-0.1, -0.05) is 23.2 Å². The second-order valence-electron chi connectivity index (χ2n) is 4.80. The second-order valence-corrected chi connectivity index (χ2v) is 7.35. The maximum Gasteiger partial charge on any atom is 0.265 e. The Kier molecular flexibility index (Phi) is 5.48. The first-order valence-corrected chi connectivity index (χ1v) is 8.82. The van der Waals surface area contributed by atoms with Gasteiger partial charge in [0.15, 0.2) is 0 Å². The summed E-state index contributed by atoms with van der Waals surface area (Å²) in [5.41, 5.74) is 0.459. The van der Waals surface area contributed by atoms with Gasteiger partial charge in [-0.05, 0) is 42.5 Å². The summed E-state index contributed by atoms with van der Waals surface area (Å²) in [7, 11) is -4.08. The second kappa shape index (κ2) is 7.21. The molecule has 2 N–H and O–H groups in total. The molecule has 2 aromatic rings. The smallest absolute Gasteiger partial charge is 0.265 e. The van der Waals surface area contributed by atoms with Crippen LogP contribution in [-0.4, -0.2) is 20.2 Å². The Morgan fingerprint density at radius 3 is 2.00 bits per heavy atom. The number of rotatable bonds is 4. The zero-order chi connectivity index (χ0) is 17.9. The van der Waals surface area contributed by atoms with Crippen molar-refractivity contribution in [3.63, 3.8) is 0 Å². The Labute approximate surface area is 148 Å². The molecule has 0 aliphatic carbocycles. The fraction of sp³-hybridized carbons (Fsp3) is 0.0667. The molecule has 126 valence electrons. The number of amides is 2. The summed E-state index contributed by atoms with van der Waals surface area (Å²) in [5.74, 6) is -1.14. The number of anilines is 1. The zero-order valence-corrected chi connectivity index (χ0v) is 14.7. The highest BCUT2D eigenvalue weighted by Crippen LogP contribution is 2.20. The number of nitrogens with one attached hydrogen (secondary N) is 2. The molecule has 0 radical (unpaired) electrons. The standard InChI is InChI=1S/C15H12Cl2N2O4S/c1-9(20)18-13-2-4-14(5-3-13)24(22,23)19-15(21)10-6-11(16)8-12(17)7-10/h2-8H,1H3,(H,18,20)(H,19,21). The van der Waals surface area contributed by atoms with Crippen LogP contribution in [0.4, 0.5) is 5.69 Å². The highest BCUT2D eigenvalue weighted by atomic mass is 35.5. The fourth-order valence-corrected chi connectivity index (χ4v) is 3.35. The number of carbonyl (C=O) groups is 2. The average molecular weight is 387 g/mol. The summed E-state index contributed by atoms with van der Waals surface area (Å²) in [6.07, 6.45) is 0. The van der Waals surface area contributed by atoms with Crippen LogP contribution in [0.1, 0.15) is 17.3 Å². The topological polar surface area (TPSA) is 92.3 Å². The van der Waals surface area contributed by atoms with Crippen molar-refractivity contribution in [1.29, 1.82) is 0 Å². The summed E-state index contributed by atoms with van der Waals surface area (Å²) in [4.78, 5) is 22.9. The molecule has 6 nitrogen and oxygen atoms in total. The largest absolute Gasteiger partial charge is 0.326 e. The lowest BCUT2D eigenvalue weighted by Crippen LogP contribution is -2.30. The summed E-state index contributed by atoms with van der Waals surface area (Å²) >= 11 is 11.6. The first kappa shape index (κ1) is 18.3. The van der Waals surface area contributed by atoms with Gasteiger partial charge in [-0.2, -0.15) is 0 Å². The van der Waals surface area contributed by atoms with E-state index in [0.717, 1.165) is 0 Å². The molecule has 24 heavy (non-hydrogen) atoms. The molecule has 0 atom stereocenters. The van der Waals surface area contributed by atoms with Crippen LogP contribution in [0.2, 0.25) is 10.0 Å². The van der Waals surface area contributed by atoms with E-state index in [2.05, 4.69) is 5.32 Å². The lowest BCUT2D eigenvalue weighted by molar-refractivity contribution is -0.114. The minimum atomic E-state index is -4.08. The molecule has 0 aliphatic rings. The van der Waals surface area contributed by atoms with Crippen molar-refractivity contribution >= 4 is 50.7 Å². The predicted octanol–water partition coefficient (Wildman–Crippen LogP) is 3.07. The van der Waals surface area contributed by atoms with E-state index in [1.165, 1.54) is 49.4 Å². The molecule has 2 amide bonds. The van der Waals surface area contributed by atoms with E-state index in [1.807, 2.05) is 4.72 Å². The first-order chi connectivity index (χ1) is 11.2. The molecular formula is C15H12Cl2N2O4S. The Bertz CT molecular complexity index is 876. The van der Waals surface area contributed by atoms with Crippen LogP contribution in [0, 0.1) is 0 Å². The van der Waals surface area contributed by atoms with Crippen molar-refractivity contribution in [3.8, 4) is 0 Å². The zero-order valence-electron chi connectivity index (χ0n) is 12.3. The van der Waals surface area contributed by atoms with Crippen LogP contribution < -0.4 is 10.0 Å². The van der Waals surface area contributed by atoms with E-state index in [4.69, 9.17) is 23.2 Å². The third-order valence-electron chi connectivity index (χ3n) is 2.84. The average Bonchev–Trinajstić information content (AvgIpc) is 2.45. The molecule has 0 aliphatic heterocycles. The minimum Gasteiger partial charge on any atom is -0.326 e. The molecule has 0 bridgehead atoms. The minimum absolute atomic E-state index is 0.0194. The molecule has 2 aromatic carbocycles. The van der Waals surface area contributed by atoms with Gasteiger partial charge in [0.05, 0.1) is 4.90 Å². The maximum absolute atomic E-state index is 12.2. The van der Waals surface area contributed by atoms with Gasteiger partial charge >= 0.3 is 0 Å². The van der Waals surface area contributed by atoms with Crippen LogP contribution in [0.15, 0.2) is 47.4 Å². The Morgan fingerprint density at radius 1 is 0.958 bits per heavy atom. The van der Waals surface area contributed by atoms with Crippen LogP contribution >= 0.6 is 23.2 Å². The summed E-state index contributed by atoms with van der Waals surface area (Å²) < 4.78 is 26.4. The number of halogens is 2. The third-order valence-corrected chi connectivity index (χ3v) is 4.62. The van der Waals surface area contributed by atoms with Gasteiger partial charge in [0.2, 0.25) is 5.91 Å². The Morgan fingerprint density at radius 2 is 1.50 bits per heavy atom. The predicted molar refractivity (Wildman–Crippen MR) is 91.9 cm³/mol. The van der Waals surface area contributed by atoms with Gasteiger partial charge in [0.1, 0.15) is 0 Å². The highest BCUT2D eigenvalue weighted by molar-refractivity contribution is 7.90. The molecule has 0 heterocycles. The van der Waals surface area contributed by atoms with Crippen molar-refractivity contribution in [2.45, 2.75) is 11.8 Å². The normalized spacial score (nSPS) is 11.0. The number of hydrogen-bond acceptors (Lipinski definition) is 4. The molecule has 0 unspecified atom stereocenters. The molecule has 9 heteroatoms. The summed E-state index contributed by atoms with van der Waals surface area (Å²) in [5, 5.41) is 2.94. The molecule has 0 spiro atoms. The summed E-state index contributed by atoms with van der Waals surface area (Å²) in [6.45, 7) is 1.33. The van der Waals surface area contributed by atoms with Gasteiger partial charge < -0.3 is 5.32 Å². The lowest BCUT2D eigenvalue weighted by atomic mass is 10.2. The quantitative estimate of drug-likeness (QED) is 0.844. The lowest BCUT2D eigenvalue weighted by Gasteiger charge is -2.09. The van der Waals surface area contributed by atoms with Crippen LogP contribution in [0.3, 0.4) is 0 Å². The fourth-order valence-electron chi connectivity index (χ4n) is 1.85. The SMILES string of the molecule is CC(=O)Nc1ccc(S(=O)(=O)NC(=O)c2cc(Cl)cc(Cl)c2)cc1. The molecule has 2 rings (SSSR count). The van der Waals surface area contributed by atoms with Gasteiger partial charge in [0.25, 0.3) is 15.9 Å². The highest BCUT2D eigenvalue weighted by Gasteiger charge is 2.19. The van der Waals surface area contributed by atoms with E-state index in [0.29, 0.717) is 5.69 Å². The van der Waals surface area contributed by atoms with E-state index >= 15 is 0 Å². The van der Waals surface area contributed by atoms with Crippen LogP contribution in [0.5, 0.6) is 0 Å². The van der Waals surface area contributed by atoms with Crippen molar-refractivity contribution in [3.05, 3.63) is 58.1 Å². The third kappa shape index (κ3) is 4.70. The maximum atomic E-state index is 12.2. The van der Waals surface area contributed by atoms with Crippen molar-refractivity contribution < 1.29 is 18.0 Å². The molecule has 0 aromatic heterocycles. The molecule has 0 saturated heterocycles. The van der Waals surface area contributed by atoms with Crippen LogP contribution in [0.25, 0.3) is 0 Å². The van der Waals surface area contributed by atoms with Crippen LogP contribution in [-0.2, 0) is 14.8 Å². The van der Waals surface area contributed by atoms with Crippen molar-refractivity contribution in [2.24, 2.45) is 0 Å². The van der Waals surface area contributed by atoms with E-state index in [1.54, 1.807) is 0 Å². The van der Waals surface area contributed by atoms with Crippen molar-refractivity contribution in [2.75, 3.05) is 5.32 Å². The van der Waals surface area contributed by atoms with Gasteiger partial charge in [-0.3, -0.25) is 9.59 Å². The van der Waals surface area contributed by atoms with E-state index in [-0.39, 0.29) is 26.4 Å². The number of sulfonamides is 1. The van der Waals surface area contributed by atoms with E-state index < -0.39 is 15.9 Å². The van der Waals surface area contributed by atoms with Crippen molar-refractivity contribution in [1.82, 2.24) is 4.72 Å². The number of benzene rings is 2. The summed E-state index contributed by atoms with van der Waals surface area (Å²) in [6, 6.07) is 9.40. The molecule has 0 fully saturated rings. The first-order valence-electron chi connectivity index (χ1n) is 6.58. The van der Waals surface area contributed by atoms with Gasteiger partial charge in [-0.15, -0.1) is 0 Å². The Balaban J connectivity index is 2.21. The Hall–Kier alpha value is -2.09. The van der Waals surface area contributed by atoms with Gasteiger partial charge in [-0.25, -0.2) is 13.1 Å². The van der Waals surface area contributed by atoms with Gasteiger partial charge in [0, 0.05) is 28.2 Å². The number of carbonyl (C=O) groups excluding carboxylic acids is 2. The molecule has 0 saturated carbocycles.